The molecule has 0 aliphatic heterocycles. The number of esters is 1. The molecule has 0 unspecified atom stereocenters. The molecule has 5 aromatic rings. The molecular formula is C25H19N3O4. The van der Waals surface area contributed by atoms with E-state index < -0.39 is 5.97 Å². The standard InChI is InChI=1S/C25H19N3O4/c1-30-25(29)22-23(31-15-17-8-4-2-5-9-17)20-13-12-19(32-18-10-6-3-7-11-18)14-21(20)24-26-16-27-28(22)24/h2-14,16H,15H2,1H3. The average Bonchev–Trinajstić information content (AvgIpc) is 3.33. The van der Waals surface area contributed by atoms with Gasteiger partial charge in [-0.2, -0.15) is 5.10 Å². The molecule has 0 fully saturated rings. The number of methoxy groups -OCH3 is 1. The molecule has 0 saturated heterocycles. The lowest BCUT2D eigenvalue weighted by Crippen LogP contribution is -2.13. The molecule has 0 aliphatic rings. The van der Waals surface area contributed by atoms with Crippen molar-refractivity contribution in [2.45, 2.75) is 6.61 Å². The molecule has 7 heteroatoms. The van der Waals surface area contributed by atoms with Crippen LogP contribution in [0.3, 0.4) is 0 Å². The van der Waals surface area contributed by atoms with Gasteiger partial charge in [0, 0.05) is 10.8 Å². The first-order valence-corrected chi connectivity index (χ1v) is 10.0. The predicted octanol–water partition coefficient (Wildman–Crippen LogP) is 5.04. The Morgan fingerprint density at radius 1 is 0.906 bits per heavy atom. The highest BCUT2D eigenvalue weighted by Crippen LogP contribution is 2.36. The number of carbonyl (C=O) groups excluding carboxylic acids is 1. The second kappa shape index (κ2) is 8.39. The van der Waals surface area contributed by atoms with E-state index in [1.54, 1.807) is 0 Å². The number of hydrogen-bond acceptors (Lipinski definition) is 6. The summed E-state index contributed by atoms with van der Waals surface area (Å²) in [5.74, 6) is 1.17. The number of benzene rings is 3. The number of para-hydroxylation sites is 1. The van der Waals surface area contributed by atoms with Gasteiger partial charge < -0.3 is 14.2 Å². The van der Waals surface area contributed by atoms with Crippen molar-refractivity contribution in [1.29, 1.82) is 0 Å². The molecule has 0 N–H and O–H groups in total. The Morgan fingerprint density at radius 3 is 2.41 bits per heavy atom. The van der Waals surface area contributed by atoms with Crippen LogP contribution < -0.4 is 9.47 Å². The molecule has 0 aliphatic carbocycles. The van der Waals surface area contributed by atoms with E-state index in [0.717, 1.165) is 16.7 Å². The van der Waals surface area contributed by atoms with Crippen molar-refractivity contribution in [1.82, 2.24) is 14.6 Å². The number of rotatable bonds is 6. The van der Waals surface area contributed by atoms with E-state index in [9.17, 15) is 4.79 Å². The van der Waals surface area contributed by atoms with Gasteiger partial charge in [-0.25, -0.2) is 14.3 Å². The molecule has 0 spiro atoms. The highest BCUT2D eigenvalue weighted by molar-refractivity contribution is 6.05. The number of pyridine rings is 1. The number of aromatic nitrogens is 3. The second-order valence-electron chi connectivity index (χ2n) is 7.06. The van der Waals surface area contributed by atoms with Crippen molar-refractivity contribution >= 4 is 22.4 Å². The maximum atomic E-state index is 12.7. The van der Waals surface area contributed by atoms with Crippen LogP contribution in [0, 0.1) is 0 Å². The third kappa shape index (κ3) is 3.60. The summed E-state index contributed by atoms with van der Waals surface area (Å²) in [6.45, 7) is 0.280. The monoisotopic (exact) mass is 425 g/mol. The largest absolute Gasteiger partial charge is 0.486 e. The number of ether oxygens (including phenoxy) is 3. The summed E-state index contributed by atoms with van der Waals surface area (Å²) in [6.07, 6.45) is 1.40. The van der Waals surface area contributed by atoms with Crippen LogP contribution in [0.2, 0.25) is 0 Å². The maximum absolute atomic E-state index is 12.7. The third-order valence-electron chi connectivity index (χ3n) is 5.03. The maximum Gasteiger partial charge on any atom is 0.360 e. The fourth-order valence-corrected chi connectivity index (χ4v) is 3.56. The molecule has 2 heterocycles. The van der Waals surface area contributed by atoms with Gasteiger partial charge in [-0.05, 0) is 35.9 Å². The van der Waals surface area contributed by atoms with Gasteiger partial charge in [-0.15, -0.1) is 0 Å². The van der Waals surface area contributed by atoms with Crippen LogP contribution in [-0.4, -0.2) is 27.7 Å². The van der Waals surface area contributed by atoms with E-state index in [4.69, 9.17) is 14.2 Å². The van der Waals surface area contributed by atoms with Crippen molar-refractivity contribution in [2.24, 2.45) is 0 Å². The summed E-state index contributed by atoms with van der Waals surface area (Å²) >= 11 is 0. The molecule has 0 amide bonds. The number of hydrogen-bond donors (Lipinski definition) is 0. The van der Waals surface area contributed by atoms with E-state index in [1.807, 2.05) is 78.9 Å². The molecule has 2 aromatic heterocycles. The van der Waals surface area contributed by atoms with Gasteiger partial charge in [0.2, 0.25) is 0 Å². The Kier molecular flexibility index (Phi) is 5.13. The van der Waals surface area contributed by atoms with E-state index in [0.29, 0.717) is 22.5 Å². The molecule has 0 atom stereocenters. The molecule has 0 bridgehead atoms. The number of fused-ring (bicyclic) bond motifs is 3. The Balaban J connectivity index is 1.66. The molecule has 158 valence electrons. The highest BCUT2D eigenvalue weighted by atomic mass is 16.5. The first-order chi connectivity index (χ1) is 15.7. The van der Waals surface area contributed by atoms with Crippen LogP contribution in [-0.2, 0) is 11.3 Å². The van der Waals surface area contributed by atoms with Crippen LogP contribution in [0.4, 0.5) is 0 Å². The zero-order valence-electron chi connectivity index (χ0n) is 17.3. The molecular weight excluding hydrogens is 406 g/mol. The lowest BCUT2D eigenvalue weighted by molar-refractivity contribution is 0.0585. The van der Waals surface area contributed by atoms with Crippen LogP contribution in [0.25, 0.3) is 16.4 Å². The molecule has 7 nitrogen and oxygen atoms in total. The summed E-state index contributed by atoms with van der Waals surface area (Å²) in [6, 6.07) is 24.8. The van der Waals surface area contributed by atoms with Crippen molar-refractivity contribution in [2.75, 3.05) is 7.11 Å². The Morgan fingerprint density at radius 2 is 1.66 bits per heavy atom. The SMILES string of the molecule is COC(=O)c1c(OCc2ccccc2)c2ccc(Oc3ccccc3)cc2c2ncnn12. The van der Waals surface area contributed by atoms with Crippen LogP contribution in [0.15, 0.2) is 85.2 Å². The summed E-state index contributed by atoms with van der Waals surface area (Å²) in [7, 11) is 1.33. The molecule has 5 rings (SSSR count). The topological polar surface area (TPSA) is 75.0 Å². The summed E-state index contributed by atoms with van der Waals surface area (Å²) in [5.41, 5.74) is 1.66. The quantitative estimate of drug-likeness (QED) is 0.355. The first-order valence-electron chi connectivity index (χ1n) is 10.0. The normalized spacial score (nSPS) is 10.9. The summed E-state index contributed by atoms with van der Waals surface area (Å²) in [5, 5.41) is 5.70. The zero-order valence-corrected chi connectivity index (χ0v) is 17.3. The van der Waals surface area contributed by atoms with E-state index in [1.165, 1.54) is 18.0 Å². The van der Waals surface area contributed by atoms with Gasteiger partial charge >= 0.3 is 5.97 Å². The molecule has 3 aromatic carbocycles. The van der Waals surface area contributed by atoms with Gasteiger partial charge in [0.1, 0.15) is 24.4 Å². The van der Waals surface area contributed by atoms with Crippen LogP contribution in [0.1, 0.15) is 16.1 Å². The minimum absolute atomic E-state index is 0.181. The summed E-state index contributed by atoms with van der Waals surface area (Å²) < 4.78 is 18.6. The van der Waals surface area contributed by atoms with Gasteiger partial charge in [0.15, 0.2) is 17.1 Å². The van der Waals surface area contributed by atoms with Crippen LogP contribution >= 0.6 is 0 Å². The molecule has 0 saturated carbocycles. The summed E-state index contributed by atoms with van der Waals surface area (Å²) in [4.78, 5) is 17.1. The van der Waals surface area contributed by atoms with E-state index >= 15 is 0 Å². The molecule has 32 heavy (non-hydrogen) atoms. The van der Waals surface area contributed by atoms with E-state index in [2.05, 4.69) is 10.1 Å². The Bertz CT molecular complexity index is 1400. The van der Waals surface area contributed by atoms with Crippen molar-refractivity contribution in [3.8, 4) is 17.2 Å². The van der Waals surface area contributed by atoms with Crippen molar-refractivity contribution in [3.63, 3.8) is 0 Å². The fourth-order valence-electron chi connectivity index (χ4n) is 3.56. The predicted molar refractivity (Wildman–Crippen MR) is 119 cm³/mol. The minimum Gasteiger partial charge on any atom is -0.486 e. The van der Waals surface area contributed by atoms with Gasteiger partial charge in [0.05, 0.1) is 7.11 Å². The molecule has 0 radical (unpaired) electrons. The Hall–Kier alpha value is -4.39. The zero-order chi connectivity index (χ0) is 21.9. The first kappa shape index (κ1) is 19.6. The van der Waals surface area contributed by atoms with E-state index in [-0.39, 0.29) is 12.3 Å². The fraction of sp³-hybridized carbons (Fsp3) is 0.0800. The second-order valence-corrected chi connectivity index (χ2v) is 7.06. The van der Waals surface area contributed by atoms with Crippen molar-refractivity contribution < 1.29 is 19.0 Å². The minimum atomic E-state index is -0.560. The lowest BCUT2D eigenvalue weighted by atomic mass is 10.1. The van der Waals surface area contributed by atoms with Gasteiger partial charge in [-0.3, -0.25) is 0 Å². The van der Waals surface area contributed by atoms with Crippen molar-refractivity contribution in [3.05, 3.63) is 96.4 Å². The smallest absolute Gasteiger partial charge is 0.360 e. The third-order valence-corrected chi connectivity index (χ3v) is 5.03. The Labute approximate surface area is 183 Å². The van der Waals surface area contributed by atoms with Crippen LogP contribution in [0.5, 0.6) is 17.2 Å². The highest BCUT2D eigenvalue weighted by Gasteiger charge is 2.24. The van der Waals surface area contributed by atoms with Gasteiger partial charge in [0.25, 0.3) is 0 Å². The number of carbonyl (C=O) groups is 1. The lowest BCUT2D eigenvalue weighted by Gasteiger charge is -2.16. The average molecular weight is 425 g/mol. The number of nitrogens with zero attached hydrogens (tertiary/aromatic N) is 3. The van der Waals surface area contributed by atoms with Gasteiger partial charge in [-0.1, -0.05) is 48.5 Å².